The number of hydrogen-bond donors (Lipinski definition) is 2. The fourth-order valence-electron chi connectivity index (χ4n) is 3.32. The van der Waals surface area contributed by atoms with E-state index in [4.69, 9.17) is 4.74 Å². The van der Waals surface area contributed by atoms with Crippen LogP contribution in [0.3, 0.4) is 0 Å². The molecule has 0 radical (unpaired) electrons. The maximum absolute atomic E-state index is 13.4. The Morgan fingerprint density at radius 1 is 1.10 bits per heavy atom. The van der Waals surface area contributed by atoms with E-state index in [2.05, 4.69) is 21.2 Å². The summed E-state index contributed by atoms with van der Waals surface area (Å²) in [4.78, 5) is 9.59. The molecule has 2 N–H and O–H groups in total. The lowest BCUT2D eigenvalue weighted by Crippen LogP contribution is -2.74. The van der Waals surface area contributed by atoms with Crippen molar-refractivity contribution in [3.63, 3.8) is 0 Å². The number of carboxylic acids is 1. The van der Waals surface area contributed by atoms with Gasteiger partial charge < -0.3 is 9.84 Å². The van der Waals surface area contributed by atoms with E-state index in [-0.39, 0.29) is 17.2 Å². The van der Waals surface area contributed by atoms with Gasteiger partial charge in [0.15, 0.2) is 0 Å². The molecule has 1 aliphatic rings. The summed E-state index contributed by atoms with van der Waals surface area (Å²) in [6, 6.07) is 12.6. The first kappa shape index (κ1) is 21.9. The van der Waals surface area contributed by atoms with Crippen molar-refractivity contribution in [2.24, 2.45) is 0 Å². The quantitative estimate of drug-likeness (QED) is 0.647. The molecule has 0 bridgehead atoms. The summed E-state index contributed by atoms with van der Waals surface area (Å²) in [5, 5.41) is 12.5. The molecule has 0 aromatic heterocycles. The number of aliphatic carboxylic acids is 1. The van der Waals surface area contributed by atoms with Crippen molar-refractivity contribution in [2.75, 3.05) is 12.3 Å². The molecule has 2 aromatic carbocycles. The zero-order chi connectivity index (χ0) is 21.4. The van der Waals surface area contributed by atoms with Gasteiger partial charge in [-0.1, -0.05) is 15.9 Å². The van der Waals surface area contributed by atoms with E-state index < -0.39 is 36.2 Å². The van der Waals surface area contributed by atoms with Crippen LogP contribution in [0.4, 0.5) is 0 Å². The Hall–Kier alpha value is -1.75. The van der Waals surface area contributed by atoms with Gasteiger partial charge in [-0.25, -0.2) is 13.2 Å². The van der Waals surface area contributed by atoms with Gasteiger partial charge >= 0.3 is 5.97 Å². The van der Waals surface area contributed by atoms with E-state index in [1.54, 1.807) is 12.1 Å². The topological polar surface area (TPSA) is 110 Å². The van der Waals surface area contributed by atoms with Crippen LogP contribution in [-0.2, 0) is 25.4 Å². The van der Waals surface area contributed by atoms with Crippen LogP contribution in [-0.4, -0.2) is 45.6 Å². The second-order valence-corrected chi connectivity index (χ2v) is 12.1. The predicted molar refractivity (Wildman–Crippen MR) is 113 cm³/mol. The molecule has 0 amide bonds. The highest BCUT2D eigenvalue weighted by atomic mass is 79.9. The zero-order valence-corrected chi connectivity index (χ0v) is 18.9. The third kappa shape index (κ3) is 3.63. The third-order valence-corrected chi connectivity index (χ3v) is 10.2. The second kappa shape index (κ2) is 7.82. The summed E-state index contributed by atoms with van der Waals surface area (Å²) in [6.07, 6.45) is 0. The molecule has 156 valence electrons. The number of ether oxygens (including phenoxy) is 1. The highest BCUT2D eigenvalue weighted by molar-refractivity contribution is 9.10. The number of rotatable bonds is 5. The van der Waals surface area contributed by atoms with Gasteiger partial charge in [0.2, 0.25) is 14.7 Å². The summed E-state index contributed by atoms with van der Waals surface area (Å²) in [5.74, 6) is -0.436. The smallest absolute Gasteiger partial charge is 0.341 e. The van der Waals surface area contributed by atoms with Crippen LogP contribution in [0.25, 0.3) is 0 Å². The van der Waals surface area contributed by atoms with Crippen LogP contribution in [0.5, 0.6) is 11.5 Å². The molecule has 0 aliphatic carbocycles. The fourth-order valence-corrected chi connectivity index (χ4v) is 7.48. The van der Waals surface area contributed by atoms with E-state index >= 15 is 0 Å². The van der Waals surface area contributed by atoms with E-state index in [9.17, 15) is 22.5 Å². The lowest BCUT2D eigenvalue weighted by Gasteiger charge is -2.45. The minimum Gasteiger partial charge on any atom is -0.479 e. The van der Waals surface area contributed by atoms with Crippen molar-refractivity contribution in [2.45, 2.75) is 28.4 Å². The summed E-state index contributed by atoms with van der Waals surface area (Å²) in [6.45, 7) is 2.81. The number of nitrogens with one attached hydrogen (secondary N) is 1. The highest BCUT2D eigenvalue weighted by Crippen LogP contribution is 2.40. The lowest BCUT2D eigenvalue weighted by molar-refractivity contribution is -0.142. The predicted octanol–water partition coefficient (Wildman–Crippen LogP) is 2.93. The van der Waals surface area contributed by atoms with E-state index in [0.717, 1.165) is 4.47 Å². The Morgan fingerprint density at radius 2 is 1.62 bits per heavy atom. The summed E-state index contributed by atoms with van der Waals surface area (Å²) in [5.41, 5.74) is 0. The number of halogens is 1. The number of sulfone groups is 1. The molecule has 2 atom stereocenters. The van der Waals surface area contributed by atoms with Crippen molar-refractivity contribution in [3.05, 3.63) is 53.0 Å². The van der Waals surface area contributed by atoms with Crippen molar-refractivity contribution in [1.82, 2.24) is 5.32 Å². The van der Waals surface area contributed by atoms with Crippen LogP contribution in [0.2, 0.25) is 0 Å². The standard InChI is InChI=1S/C19H20BrNO6S2/c1-18(2)19(17(22)23,21-11-12-28(18)24)29(25,26)16-9-7-15(8-10-16)27-14-5-3-13(20)4-6-14/h3-10,21H,11-12H2,1-2H3,(H,22,23). The van der Waals surface area contributed by atoms with Gasteiger partial charge in [0.1, 0.15) is 11.5 Å². The molecule has 29 heavy (non-hydrogen) atoms. The molecule has 1 fully saturated rings. The summed E-state index contributed by atoms with van der Waals surface area (Å²) < 4.78 is 44.3. The molecule has 2 unspecified atom stereocenters. The SMILES string of the molecule is CC1(C)S(=O)CCNC1(C(=O)O)S(=O)(=O)c1ccc(Oc2ccc(Br)cc2)cc1. The molecule has 1 aliphatic heterocycles. The van der Waals surface area contributed by atoms with Crippen molar-refractivity contribution in [1.29, 1.82) is 0 Å². The van der Waals surface area contributed by atoms with Crippen LogP contribution >= 0.6 is 15.9 Å². The first-order valence-corrected chi connectivity index (χ1v) is 12.3. The molecule has 10 heteroatoms. The average Bonchev–Trinajstić information content (AvgIpc) is 2.66. The number of carbonyl (C=O) groups is 1. The number of hydrogen-bond acceptors (Lipinski definition) is 6. The monoisotopic (exact) mass is 501 g/mol. The van der Waals surface area contributed by atoms with Gasteiger partial charge in [-0.15, -0.1) is 0 Å². The Morgan fingerprint density at radius 3 is 2.14 bits per heavy atom. The number of carboxylic acid groups (broad SMARTS) is 1. The maximum Gasteiger partial charge on any atom is 0.341 e. The third-order valence-electron chi connectivity index (χ3n) is 4.97. The minimum absolute atomic E-state index is 0.0202. The largest absolute Gasteiger partial charge is 0.479 e. The molecule has 1 saturated heterocycles. The molecule has 0 saturated carbocycles. The van der Waals surface area contributed by atoms with Crippen LogP contribution in [0.15, 0.2) is 57.9 Å². The number of benzene rings is 2. The normalized spacial score (nSPS) is 24.0. The first-order valence-electron chi connectivity index (χ1n) is 8.67. The molecule has 2 aromatic rings. The average molecular weight is 502 g/mol. The summed E-state index contributed by atoms with van der Waals surface area (Å²) >= 11 is 3.33. The van der Waals surface area contributed by atoms with E-state index in [0.29, 0.717) is 11.5 Å². The molecule has 7 nitrogen and oxygen atoms in total. The van der Waals surface area contributed by atoms with Gasteiger partial charge in [-0.05, 0) is 62.4 Å². The molecule has 1 heterocycles. The van der Waals surface area contributed by atoms with Gasteiger partial charge in [0.05, 0.1) is 9.64 Å². The second-order valence-electron chi connectivity index (χ2n) is 7.00. The lowest BCUT2D eigenvalue weighted by atomic mass is 10.0. The van der Waals surface area contributed by atoms with Crippen LogP contribution in [0, 0.1) is 0 Å². The Balaban J connectivity index is 1.98. The van der Waals surface area contributed by atoms with Gasteiger partial charge in [0.25, 0.3) is 0 Å². The zero-order valence-electron chi connectivity index (χ0n) is 15.7. The van der Waals surface area contributed by atoms with Crippen LogP contribution in [0.1, 0.15) is 13.8 Å². The maximum atomic E-state index is 13.4. The van der Waals surface area contributed by atoms with Gasteiger partial charge in [-0.3, -0.25) is 9.53 Å². The van der Waals surface area contributed by atoms with Gasteiger partial charge in [0, 0.05) is 27.6 Å². The Kier molecular flexibility index (Phi) is 5.92. The van der Waals surface area contributed by atoms with Crippen molar-refractivity contribution < 1.29 is 27.3 Å². The van der Waals surface area contributed by atoms with Gasteiger partial charge in [-0.2, -0.15) is 0 Å². The molecule has 3 rings (SSSR count). The highest BCUT2D eigenvalue weighted by Gasteiger charge is 2.65. The Labute approximate surface area is 180 Å². The first-order chi connectivity index (χ1) is 13.5. The fraction of sp³-hybridized carbons (Fsp3) is 0.316. The van der Waals surface area contributed by atoms with Crippen molar-refractivity contribution in [3.8, 4) is 11.5 Å². The van der Waals surface area contributed by atoms with E-state index in [1.807, 2.05) is 12.1 Å². The summed E-state index contributed by atoms with van der Waals surface area (Å²) in [7, 11) is -6.07. The molecular formula is C19H20BrNO6S2. The van der Waals surface area contributed by atoms with Crippen molar-refractivity contribution >= 4 is 42.5 Å². The van der Waals surface area contributed by atoms with E-state index in [1.165, 1.54) is 38.1 Å². The molecular weight excluding hydrogens is 482 g/mol. The minimum atomic E-state index is -4.42. The Bertz CT molecular complexity index is 1050. The molecule has 0 spiro atoms. The van der Waals surface area contributed by atoms with Crippen LogP contribution < -0.4 is 10.1 Å².